The first kappa shape index (κ1) is 14.8. The van der Waals surface area contributed by atoms with E-state index in [0.29, 0.717) is 6.79 Å². The lowest BCUT2D eigenvalue weighted by atomic mass is 9.98. The minimum atomic E-state index is 0.224. The van der Waals surface area contributed by atoms with Gasteiger partial charge in [0, 0.05) is 25.3 Å². The Kier molecular flexibility index (Phi) is 4.58. The van der Waals surface area contributed by atoms with E-state index >= 15 is 0 Å². The summed E-state index contributed by atoms with van der Waals surface area (Å²) in [6, 6.07) is 6.05. The van der Waals surface area contributed by atoms with Gasteiger partial charge in [-0.25, -0.2) is 0 Å². The number of rotatable bonds is 7. The highest BCUT2D eigenvalue weighted by atomic mass is 16.7. The van der Waals surface area contributed by atoms with Gasteiger partial charge in [0.2, 0.25) is 6.79 Å². The number of hydrogen-bond donors (Lipinski definition) is 1. The van der Waals surface area contributed by atoms with Crippen molar-refractivity contribution >= 4 is 0 Å². The zero-order valence-electron chi connectivity index (χ0n) is 12.7. The molecule has 0 saturated carbocycles. The molecule has 2 heterocycles. The van der Waals surface area contributed by atoms with Crippen molar-refractivity contribution in [2.75, 3.05) is 13.4 Å². The molecular formula is C16H21N3O3. The minimum Gasteiger partial charge on any atom is -0.454 e. The van der Waals surface area contributed by atoms with Gasteiger partial charge in [0.25, 0.3) is 0 Å². The van der Waals surface area contributed by atoms with E-state index in [4.69, 9.17) is 14.6 Å². The molecule has 0 amide bonds. The van der Waals surface area contributed by atoms with Crippen molar-refractivity contribution in [1.29, 1.82) is 0 Å². The molecule has 0 spiro atoms. The third-order valence-corrected chi connectivity index (χ3v) is 3.84. The van der Waals surface area contributed by atoms with Gasteiger partial charge in [-0.05, 0) is 37.0 Å². The van der Waals surface area contributed by atoms with Crippen LogP contribution in [0.1, 0.15) is 36.9 Å². The Morgan fingerprint density at radius 2 is 2.14 bits per heavy atom. The lowest BCUT2D eigenvalue weighted by Gasteiger charge is -2.08. The van der Waals surface area contributed by atoms with Crippen LogP contribution in [0.15, 0.2) is 24.4 Å². The number of aliphatic hydroxyl groups is 1. The number of nitrogens with zero attached hydrogens (tertiary/aromatic N) is 3. The predicted octanol–water partition coefficient (Wildman–Crippen LogP) is 2.13. The molecule has 2 aromatic rings. The van der Waals surface area contributed by atoms with E-state index in [-0.39, 0.29) is 12.5 Å². The average Bonchev–Trinajstić information content (AvgIpc) is 3.15. The fourth-order valence-corrected chi connectivity index (χ4v) is 2.56. The number of aromatic nitrogens is 3. The highest BCUT2D eigenvalue weighted by Gasteiger charge is 2.16. The fourth-order valence-electron chi connectivity index (χ4n) is 2.56. The van der Waals surface area contributed by atoms with Crippen LogP contribution in [0.2, 0.25) is 0 Å². The van der Waals surface area contributed by atoms with E-state index in [1.165, 1.54) is 5.56 Å². The van der Waals surface area contributed by atoms with E-state index in [2.05, 4.69) is 23.3 Å². The van der Waals surface area contributed by atoms with Crippen molar-refractivity contribution in [3.63, 3.8) is 0 Å². The molecule has 6 nitrogen and oxygen atoms in total. The molecule has 1 aliphatic rings. The molecule has 1 aliphatic heterocycles. The standard InChI is InChI=1S/C16H21N3O3/c1-12(14-10-19(18-17-14)6-2-3-7-20)8-13-4-5-15-16(9-13)22-11-21-15/h4-5,9-10,12,20H,2-3,6-8,11H2,1H3. The Morgan fingerprint density at radius 3 is 3.00 bits per heavy atom. The SMILES string of the molecule is CC(Cc1ccc2c(c1)OCO2)c1cn(CCCCO)nn1. The maximum atomic E-state index is 8.80. The van der Waals surface area contributed by atoms with Crippen LogP contribution < -0.4 is 9.47 Å². The Hall–Kier alpha value is -2.08. The van der Waals surface area contributed by atoms with E-state index < -0.39 is 0 Å². The summed E-state index contributed by atoms with van der Waals surface area (Å²) in [7, 11) is 0. The predicted molar refractivity (Wildman–Crippen MR) is 81.0 cm³/mol. The van der Waals surface area contributed by atoms with Crippen LogP contribution in [-0.4, -0.2) is 33.5 Å². The second-order valence-electron chi connectivity index (χ2n) is 5.63. The van der Waals surface area contributed by atoms with Crippen LogP contribution in [0.4, 0.5) is 0 Å². The zero-order chi connectivity index (χ0) is 15.4. The summed E-state index contributed by atoms with van der Waals surface area (Å²) < 4.78 is 12.6. The number of benzene rings is 1. The van der Waals surface area contributed by atoms with Crippen LogP contribution in [0, 0.1) is 0 Å². The molecule has 0 fully saturated rings. The van der Waals surface area contributed by atoms with E-state index in [1.54, 1.807) is 0 Å². The topological polar surface area (TPSA) is 69.4 Å². The molecule has 0 aliphatic carbocycles. The molecule has 0 bridgehead atoms. The number of aryl methyl sites for hydroxylation is 1. The van der Waals surface area contributed by atoms with Crippen molar-refractivity contribution in [3.8, 4) is 11.5 Å². The van der Waals surface area contributed by atoms with Gasteiger partial charge < -0.3 is 14.6 Å². The highest BCUT2D eigenvalue weighted by Crippen LogP contribution is 2.33. The second-order valence-corrected chi connectivity index (χ2v) is 5.63. The molecule has 1 aromatic heterocycles. The van der Waals surface area contributed by atoms with E-state index in [0.717, 1.165) is 43.0 Å². The third kappa shape index (κ3) is 3.39. The van der Waals surface area contributed by atoms with Gasteiger partial charge in [-0.15, -0.1) is 5.10 Å². The molecule has 6 heteroatoms. The first-order valence-electron chi connectivity index (χ1n) is 7.65. The molecule has 0 saturated heterocycles. The molecular weight excluding hydrogens is 282 g/mol. The third-order valence-electron chi connectivity index (χ3n) is 3.84. The van der Waals surface area contributed by atoms with Crippen molar-refractivity contribution in [2.24, 2.45) is 0 Å². The number of hydrogen-bond acceptors (Lipinski definition) is 5. The average molecular weight is 303 g/mol. The van der Waals surface area contributed by atoms with Crippen molar-refractivity contribution in [3.05, 3.63) is 35.7 Å². The second kappa shape index (κ2) is 6.79. The highest BCUT2D eigenvalue weighted by molar-refractivity contribution is 5.44. The molecule has 1 N–H and O–H groups in total. The van der Waals surface area contributed by atoms with Gasteiger partial charge >= 0.3 is 0 Å². The molecule has 1 aromatic carbocycles. The first-order chi connectivity index (χ1) is 10.8. The van der Waals surface area contributed by atoms with E-state index in [9.17, 15) is 0 Å². The normalized spacial score (nSPS) is 14.3. The lowest BCUT2D eigenvalue weighted by molar-refractivity contribution is 0.174. The number of unbranched alkanes of at least 4 members (excludes halogenated alkanes) is 1. The van der Waals surface area contributed by atoms with Crippen LogP contribution in [0.5, 0.6) is 11.5 Å². The van der Waals surface area contributed by atoms with Gasteiger partial charge in [-0.1, -0.05) is 18.2 Å². The smallest absolute Gasteiger partial charge is 0.231 e. The quantitative estimate of drug-likeness (QED) is 0.794. The molecule has 1 unspecified atom stereocenters. The van der Waals surface area contributed by atoms with Crippen molar-refractivity contribution < 1.29 is 14.6 Å². The summed E-state index contributed by atoms with van der Waals surface area (Å²) in [6.07, 6.45) is 4.58. The summed E-state index contributed by atoms with van der Waals surface area (Å²) in [5, 5.41) is 17.2. The Balaban J connectivity index is 1.60. The van der Waals surface area contributed by atoms with Crippen molar-refractivity contribution in [1.82, 2.24) is 15.0 Å². The summed E-state index contributed by atoms with van der Waals surface area (Å²) in [5.74, 6) is 1.91. The van der Waals surface area contributed by atoms with Crippen LogP contribution >= 0.6 is 0 Å². The van der Waals surface area contributed by atoms with Gasteiger partial charge in [-0.3, -0.25) is 4.68 Å². The monoisotopic (exact) mass is 303 g/mol. The summed E-state index contributed by atoms with van der Waals surface area (Å²) in [6.45, 7) is 3.47. The Bertz CT molecular complexity index is 627. The Morgan fingerprint density at radius 1 is 1.27 bits per heavy atom. The molecule has 0 radical (unpaired) electrons. The van der Waals surface area contributed by atoms with Gasteiger partial charge in [0.05, 0.1) is 5.69 Å². The fraction of sp³-hybridized carbons (Fsp3) is 0.500. The van der Waals surface area contributed by atoms with Gasteiger partial charge in [-0.2, -0.15) is 0 Å². The maximum absolute atomic E-state index is 8.80. The van der Waals surface area contributed by atoms with E-state index in [1.807, 2.05) is 23.0 Å². The molecule has 3 rings (SSSR count). The first-order valence-corrected chi connectivity index (χ1v) is 7.65. The number of aliphatic hydroxyl groups excluding tert-OH is 1. The molecule has 1 atom stereocenters. The van der Waals surface area contributed by atoms with Crippen LogP contribution in [0.3, 0.4) is 0 Å². The van der Waals surface area contributed by atoms with Crippen LogP contribution in [0.25, 0.3) is 0 Å². The molecule has 22 heavy (non-hydrogen) atoms. The summed E-state index contributed by atoms with van der Waals surface area (Å²) in [4.78, 5) is 0. The maximum Gasteiger partial charge on any atom is 0.231 e. The van der Waals surface area contributed by atoms with Gasteiger partial charge in [0.15, 0.2) is 11.5 Å². The zero-order valence-corrected chi connectivity index (χ0v) is 12.7. The van der Waals surface area contributed by atoms with Crippen LogP contribution in [-0.2, 0) is 13.0 Å². The largest absolute Gasteiger partial charge is 0.454 e. The van der Waals surface area contributed by atoms with Gasteiger partial charge in [0.1, 0.15) is 0 Å². The number of fused-ring (bicyclic) bond motifs is 1. The lowest BCUT2D eigenvalue weighted by Crippen LogP contribution is -2.00. The summed E-state index contributed by atoms with van der Waals surface area (Å²) in [5.41, 5.74) is 2.19. The van der Waals surface area contributed by atoms with Crippen molar-refractivity contribution in [2.45, 2.75) is 38.6 Å². The summed E-state index contributed by atoms with van der Waals surface area (Å²) >= 11 is 0. The number of ether oxygens (including phenoxy) is 2. The molecule has 118 valence electrons. The Labute approximate surface area is 129 Å². The minimum absolute atomic E-state index is 0.224.